The van der Waals surface area contributed by atoms with E-state index in [1.54, 1.807) is 29.6 Å². The van der Waals surface area contributed by atoms with Crippen LogP contribution in [0.5, 0.6) is 0 Å². The molecule has 1 fully saturated rings. The second-order valence-electron chi connectivity index (χ2n) is 5.80. The van der Waals surface area contributed by atoms with E-state index < -0.39 is 11.6 Å². The average molecular weight is 278 g/mol. The number of rotatable bonds is 3. The Morgan fingerprint density at radius 3 is 2.60 bits per heavy atom. The van der Waals surface area contributed by atoms with Crippen LogP contribution in [0.1, 0.15) is 47.1 Å². The maximum atomic E-state index is 12.7. The summed E-state index contributed by atoms with van der Waals surface area (Å²) in [4.78, 5) is 26.3. The molecule has 0 radical (unpaired) electrons. The van der Waals surface area contributed by atoms with E-state index >= 15 is 0 Å². The summed E-state index contributed by atoms with van der Waals surface area (Å²) in [5, 5.41) is 7.06. The van der Waals surface area contributed by atoms with Crippen LogP contribution >= 0.6 is 0 Å². The Morgan fingerprint density at radius 1 is 1.45 bits per heavy atom. The largest absolute Gasteiger partial charge is 0.340 e. The van der Waals surface area contributed by atoms with E-state index in [0.717, 1.165) is 0 Å². The maximum Gasteiger partial charge on any atom is 0.253 e. The van der Waals surface area contributed by atoms with Gasteiger partial charge in [-0.2, -0.15) is 5.10 Å². The maximum absolute atomic E-state index is 12.7. The molecule has 2 amide bonds. The first-order valence-electron chi connectivity index (χ1n) is 7.00. The molecule has 2 rings (SSSR count). The number of nitrogens with zero attached hydrogens (tertiary/aromatic N) is 3. The molecular formula is C14H22N4O2. The van der Waals surface area contributed by atoms with Crippen LogP contribution < -0.4 is 10.2 Å². The molecule has 1 aliphatic rings. The van der Waals surface area contributed by atoms with Crippen molar-refractivity contribution in [3.63, 3.8) is 0 Å². The first kappa shape index (κ1) is 14.6. The Labute approximate surface area is 119 Å². The summed E-state index contributed by atoms with van der Waals surface area (Å²) in [7, 11) is 0. The number of carbonyl (C=O) groups is 2. The predicted octanol–water partition coefficient (Wildman–Crippen LogP) is 1.48. The lowest BCUT2D eigenvalue weighted by Crippen LogP contribution is -2.68. The zero-order valence-electron chi connectivity index (χ0n) is 12.7. The topological polar surface area (TPSA) is 67.2 Å². The van der Waals surface area contributed by atoms with E-state index in [1.807, 2.05) is 27.0 Å². The van der Waals surface area contributed by atoms with E-state index in [2.05, 4.69) is 10.4 Å². The number of aromatic nitrogens is 2. The Bertz CT molecular complexity index is 537. The van der Waals surface area contributed by atoms with Crippen molar-refractivity contribution in [1.82, 2.24) is 15.1 Å². The average Bonchev–Trinajstić information content (AvgIpc) is 2.86. The molecule has 2 heterocycles. The number of nitrogens with one attached hydrogen (secondary N) is 1. The lowest BCUT2D eigenvalue weighted by molar-refractivity contribution is -0.137. The molecule has 2 unspecified atom stereocenters. The quantitative estimate of drug-likeness (QED) is 0.910. The third-order valence-electron chi connectivity index (χ3n) is 3.96. The molecule has 1 aromatic heterocycles. The van der Waals surface area contributed by atoms with Crippen LogP contribution in [0.2, 0.25) is 0 Å². The van der Waals surface area contributed by atoms with Gasteiger partial charge < -0.3 is 5.32 Å². The summed E-state index contributed by atoms with van der Waals surface area (Å²) in [6.07, 6.45) is 4.01. The molecule has 6 nitrogen and oxygen atoms in total. The van der Waals surface area contributed by atoms with Crippen molar-refractivity contribution in [2.24, 2.45) is 0 Å². The molecular weight excluding hydrogens is 256 g/mol. The highest BCUT2D eigenvalue weighted by Crippen LogP contribution is 2.27. The summed E-state index contributed by atoms with van der Waals surface area (Å²) in [6, 6.07) is -0.308. The summed E-state index contributed by atoms with van der Waals surface area (Å²) in [5.41, 5.74) is -0.172. The molecule has 2 atom stereocenters. The minimum atomic E-state index is -0.844. The van der Waals surface area contributed by atoms with Crippen molar-refractivity contribution in [3.8, 4) is 0 Å². The number of amides is 2. The molecule has 0 aliphatic carbocycles. The highest BCUT2D eigenvalue weighted by molar-refractivity contribution is 6.10. The molecule has 1 aromatic rings. The highest BCUT2D eigenvalue weighted by atomic mass is 16.2. The number of carbonyl (C=O) groups excluding carboxylic acids is 2. The van der Waals surface area contributed by atoms with Gasteiger partial charge >= 0.3 is 0 Å². The summed E-state index contributed by atoms with van der Waals surface area (Å²) in [5.74, 6) is -0.221. The van der Waals surface area contributed by atoms with Crippen molar-refractivity contribution in [2.75, 3.05) is 4.90 Å². The minimum Gasteiger partial charge on any atom is -0.340 e. The first-order valence-corrected chi connectivity index (χ1v) is 7.00. The molecule has 0 spiro atoms. The van der Waals surface area contributed by atoms with E-state index in [-0.39, 0.29) is 17.9 Å². The van der Waals surface area contributed by atoms with E-state index in [4.69, 9.17) is 0 Å². The second kappa shape index (κ2) is 4.92. The summed E-state index contributed by atoms with van der Waals surface area (Å²) >= 11 is 0. The Hall–Kier alpha value is -1.85. The van der Waals surface area contributed by atoms with Gasteiger partial charge in [-0.1, -0.05) is 6.92 Å². The van der Waals surface area contributed by atoms with Crippen LogP contribution in [0.25, 0.3) is 0 Å². The van der Waals surface area contributed by atoms with Crippen LogP contribution in [-0.4, -0.2) is 33.2 Å². The fourth-order valence-electron chi connectivity index (χ4n) is 2.30. The third-order valence-corrected chi connectivity index (χ3v) is 3.96. The lowest BCUT2D eigenvalue weighted by atomic mass is 9.92. The molecule has 1 aliphatic heterocycles. The highest BCUT2D eigenvalue weighted by Gasteiger charge is 2.46. The van der Waals surface area contributed by atoms with Gasteiger partial charge in [0.15, 0.2) is 0 Å². The van der Waals surface area contributed by atoms with Gasteiger partial charge in [0, 0.05) is 12.2 Å². The predicted molar refractivity (Wildman–Crippen MR) is 76.4 cm³/mol. The van der Waals surface area contributed by atoms with Crippen molar-refractivity contribution >= 4 is 17.5 Å². The molecule has 20 heavy (non-hydrogen) atoms. The Morgan fingerprint density at radius 2 is 2.10 bits per heavy atom. The lowest BCUT2D eigenvalue weighted by Gasteiger charge is -2.42. The van der Waals surface area contributed by atoms with Gasteiger partial charge in [0.2, 0.25) is 5.91 Å². The van der Waals surface area contributed by atoms with Crippen molar-refractivity contribution in [3.05, 3.63) is 12.4 Å². The number of hydrogen-bond donors (Lipinski definition) is 1. The first-order chi connectivity index (χ1) is 9.30. The van der Waals surface area contributed by atoms with Crippen LogP contribution in [0, 0.1) is 0 Å². The minimum absolute atomic E-state index is 0.0876. The third kappa shape index (κ3) is 2.19. The summed E-state index contributed by atoms with van der Waals surface area (Å²) in [6.45, 7) is 9.42. The molecule has 0 aromatic carbocycles. The van der Waals surface area contributed by atoms with Crippen molar-refractivity contribution < 1.29 is 9.59 Å². The van der Waals surface area contributed by atoms with Crippen LogP contribution in [0.4, 0.5) is 5.69 Å². The van der Waals surface area contributed by atoms with Crippen molar-refractivity contribution in [1.29, 1.82) is 0 Å². The SMILES string of the molecule is CCC1(C)NC(=O)C(C)N(c2cnn(C(C)C)c2)C1=O. The molecule has 110 valence electrons. The zero-order chi connectivity index (χ0) is 15.1. The summed E-state index contributed by atoms with van der Waals surface area (Å²) < 4.78 is 1.78. The Balaban J connectivity index is 2.40. The van der Waals surface area contributed by atoms with Crippen LogP contribution in [-0.2, 0) is 9.59 Å². The van der Waals surface area contributed by atoms with Crippen molar-refractivity contribution in [2.45, 2.75) is 58.7 Å². The van der Waals surface area contributed by atoms with Gasteiger partial charge in [-0.25, -0.2) is 0 Å². The molecule has 1 saturated heterocycles. The normalized spacial score (nSPS) is 27.1. The number of piperazine rings is 1. The van der Waals surface area contributed by atoms with E-state index in [9.17, 15) is 9.59 Å². The van der Waals surface area contributed by atoms with Gasteiger partial charge in [-0.15, -0.1) is 0 Å². The number of hydrogen-bond acceptors (Lipinski definition) is 3. The Kier molecular flexibility index (Phi) is 3.58. The monoisotopic (exact) mass is 278 g/mol. The van der Waals surface area contributed by atoms with Crippen LogP contribution in [0.3, 0.4) is 0 Å². The smallest absolute Gasteiger partial charge is 0.253 e. The van der Waals surface area contributed by atoms with Gasteiger partial charge in [0.1, 0.15) is 11.6 Å². The second-order valence-corrected chi connectivity index (χ2v) is 5.80. The van der Waals surface area contributed by atoms with Gasteiger partial charge in [0.05, 0.1) is 11.9 Å². The fourth-order valence-corrected chi connectivity index (χ4v) is 2.30. The van der Waals surface area contributed by atoms with Crippen LogP contribution in [0.15, 0.2) is 12.4 Å². The number of anilines is 1. The fraction of sp³-hybridized carbons (Fsp3) is 0.643. The molecule has 0 bridgehead atoms. The van der Waals surface area contributed by atoms with Gasteiger partial charge in [-0.05, 0) is 34.1 Å². The standard InChI is InChI=1S/C14H22N4O2/c1-6-14(5)13(20)18(10(4)12(19)16-14)11-7-15-17(8-11)9(2)3/h7-10H,6H2,1-5H3,(H,16,19). The zero-order valence-corrected chi connectivity index (χ0v) is 12.7. The van der Waals surface area contributed by atoms with E-state index in [0.29, 0.717) is 12.1 Å². The molecule has 1 N–H and O–H groups in total. The molecule has 6 heteroatoms. The van der Waals surface area contributed by atoms with Gasteiger partial charge in [-0.3, -0.25) is 19.2 Å². The van der Waals surface area contributed by atoms with E-state index in [1.165, 1.54) is 0 Å². The van der Waals surface area contributed by atoms with Gasteiger partial charge in [0.25, 0.3) is 5.91 Å². The molecule has 0 saturated carbocycles.